The van der Waals surface area contributed by atoms with Crippen LogP contribution in [0.3, 0.4) is 0 Å². The Morgan fingerprint density at radius 3 is 3.10 bits per heavy atom. The Labute approximate surface area is 61.5 Å². The van der Waals surface area contributed by atoms with Crippen molar-refractivity contribution in [2.24, 2.45) is 5.92 Å². The maximum atomic E-state index is 5.56. The van der Waals surface area contributed by atoms with E-state index in [0.29, 0.717) is 18.1 Å². The van der Waals surface area contributed by atoms with Gasteiger partial charge in [-0.15, -0.1) is 0 Å². The third-order valence-electron chi connectivity index (χ3n) is 2.59. The van der Waals surface area contributed by atoms with Gasteiger partial charge in [0.05, 0.1) is 18.8 Å². The van der Waals surface area contributed by atoms with Crippen LogP contribution in [0.1, 0.15) is 19.8 Å². The first-order valence-corrected chi connectivity index (χ1v) is 4.15. The molecule has 58 valence electrons. The van der Waals surface area contributed by atoms with Crippen molar-refractivity contribution in [2.75, 3.05) is 13.2 Å². The predicted octanol–water partition coefficient (Wildman–Crippen LogP) is 1.20. The molecule has 10 heavy (non-hydrogen) atoms. The van der Waals surface area contributed by atoms with Crippen molar-refractivity contribution < 1.29 is 9.47 Å². The largest absolute Gasteiger partial charge is 0.375 e. The molecule has 2 saturated heterocycles. The summed E-state index contributed by atoms with van der Waals surface area (Å²) in [4.78, 5) is 0. The average Bonchev–Trinajstić information content (AvgIpc) is 2.44. The van der Waals surface area contributed by atoms with Gasteiger partial charge < -0.3 is 9.47 Å². The van der Waals surface area contributed by atoms with Gasteiger partial charge in [0, 0.05) is 12.5 Å². The Balaban J connectivity index is 2.01. The zero-order chi connectivity index (χ0) is 6.97. The monoisotopic (exact) mass is 142 g/mol. The second kappa shape index (κ2) is 2.51. The van der Waals surface area contributed by atoms with Crippen LogP contribution in [0.5, 0.6) is 0 Å². The Morgan fingerprint density at radius 1 is 1.40 bits per heavy atom. The van der Waals surface area contributed by atoms with E-state index >= 15 is 0 Å². The number of hydrogen-bond acceptors (Lipinski definition) is 2. The topological polar surface area (TPSA) is 18.5 Å². The molecule has 0 N–H and O–H groups in total. The van der Waals surface area contributed by atoms with Gasteiger partial charge in [-0.2, -0.15) is 0 Å². The first-order valence-electron chi connectivity index (χ1n) is 4.15. The molecule has 0 aromatic heterocycles. The second-order valence-corrected chi connectivity index (χ2v) is 3.16. The quantitative estimate of drug-likeness (QED) is 0.547. The van der Waals surface area contributed by atoms with Crippen molar-refractivity contribution in [1.82, 2.24) is 0 Å². The van der Waals surface area contributed by atoms with Crippen LogP contribution in [0, 0.1) is 5.92 Å². The summed E-state index contributed by atoms with van der Waals surface area (Å²) in [6.07, 6.45) is 3.18. The summed E-state index contributed by atoms with van der Waals surface area (Å²) in [7, 11) is 0. The van der Waals surface area contributed by atoms with Gasteiger partial charge in [-0.25, -0.2) is 0 Å². The van der Waals surface area contributed by atoms with Crippen molar-refractivity contribution >= 4 is 0 Å². The molecule has 2 heteroatoms. The van der Waals surface area contributed by atoms with Crippen LogP contribution in [-0.2, 0) is 9.47 Å². The first-order chi connectivity index (χ1) is 4.92. The van der Waals surface area contributed by atoms with E-state index in [9.17, 15) is 0 Å². The molecule has 0 saturated carbocycles. The summed E-state index contributed by atoms with van der Waals surface area (Å²) in [5.41, 5.74) is 0. The van der Waals surface area contributed by atoms with Crippen LogP contribution in [0.25, 0.3) is 0 Å². The molecule has 0 bridgehead atoms. The molecule has 3 atom stereocenters. The summed E-state index contributed by atoms with van der Waals surface area (Å²) in [5, 5.41) is 0. The zero-order valence-electron chi connectivity index (χ0n) is 6.38. The lowest BCUT2D eigenvalue weighted by molar-refractivity contribution is 0.0630. The minimum absolute atomic E-state index is 0.435. The zero-order valence-corrected chi connectivity index (χ0v) is 6.38. The molecule has 2 nitrogen and oxygen atoms in total. The summed E-state index contributed by atoms with van der Waals surface area (Å²) in [6, 6.07) is 0. The van der Waals surface area contributed by atoms with Crippen LogP contribution < -0.4 is 0 Å². The first kappa shape index (κ1) is 6.62. The third kappa shape index (κ3) is 0.867. The van der Waals surface area contributed by atoms with E-state index in [1.54, 1.807) is 0 Å². The van der Waals surface area contributed by atoms with Gasteiger partial charge in [0.1, 0.15) is 0 Å². The number of rotatable bonds is 1. The highest BCUT2D eigenvalue weighted by atomic mass is 16.6. The third-order valence-corrected chi connectivity index (χ3v) is 2.59. The van der Waals surface area contributed by atoms with E-state index in [-0.39, 0.29) is 0 Å². The summed E-state index contributed by atoms with van der Waals surface area (Å²) >= 11 is 0. The van der Waals surface area contributed by atoms with Gasteiger partial charge in [-0.05, 0) is 12.8 Å². The van der Waals surface area contributed by atoms with Crippen molar-refractivity contribution in [3.8, 4) is 0 Å². The van der Waals surface area contributed by atoms with Crippen molar-refractivity contribution in [2.45, 2.75) is 32.0 Å². The molecule has 0 unspecified atom stereocenters. The number of fused-ring (bicyclic) bond motifs is 1. The lowest BCUT2D eigenvalue weighted by Crippen LogP contribution is -2.21. The fraction of sp³-hybridized carbons (Fsp3) is 1.00. The molecule has 2 aliphatic rings. The van der Waals surface area contributed by atoms with Gasteiger partial charge >= 0.3 is 0 Å². The van der Waals surface area contributed by atoms with Crippen LogP contribution in [0.4, 0.5) is 0 Å². The van der Waals surface area contributed by atoms with E-state index < -0.39 is 0 Å². The minimum atomic E-state index is 0.435. The number of hydrogen-bond donors (Lipinski definition) is 0. The molecule has 0 aromatic carbocycles. The molecular formula is C8H14O2. The van der Waals surface area contributed by atoms with Crippen LogP contribution in [0.15, 0.2) is 0 Å². The van der Waals surface area contributed by atoms with E-state index in [4.69, 9.17) is 9.47 Å². The molecule has 2 rings (SSSR count). The highest BCUT2D eigenvalue weighted by molar-refractivity contribution is 4.87. The lowest BCUT2D eigenvalue weighted by atomic mass is 10.00. The predicted molar refractivity (Wildman–Crippen MR) is 37.9 cm³/mol. The van der Waals surface area contributed by atoms with Crippen LogP contribution in [-0.4, -0.2) is 25.4 Å². The Hall–Kier alpha value is -0.0800. The molecule has 0 aromatic rings. The van der Waals surface area contributed by atoms with Gasteiger partial charge in [0.25, 0.3) is 0 Å². The molecule has 0 aliphatic carbocycles. The minimum Gasteiger partial charge on any atom is -0.375 e. The summed E-state index contributed by atoms with van der Waals surface area (Å²) in [5.74, 6) is 0.674. The van der Waals surface area contributed by atoms with E-state index in [1.807, 2.05) is 0 Å². The second-order valence-electron chi connectivity index (χ2n) is 3.16. The molecule has 0 amide bonds. The number of ether oxygens (including phenoxy) is 2. The van der Waals surface area contributed by atoms with E-state index in [1.165, 1.54) is 6.42 Å². The van der Waals surface area contributed by atoms with E-state index in [2.05, 4.69) is 6.92 Å². The lowest BCUT2D eigenvalue weighted by Gasteiger charge is -2.12. The molecule has 2 fully saturated rings. The fourth-order valence-corrected chi connectivity index (χ4v) is 1.90. The van der Waals surface area contributed by atoms with Gasteiger partial charge in [-0.3, -0.25) is 0 Å². The van der Waals surface area contributed by atoms with E-state index in [0.717, 1.165) is 19.6 Å². The standard InChI is InChI=1S/C8H14O2/c1-2-6-5-10-7-3-4-9-8(6)7/h6-8H,2-5H2,1H3/t6-,7-,8-/m1/s1. The highest BCUT2D eigenvalue weighted by Gasteiger charge is 2.40. The Morgan fingerprint density at radius 2 is 2.30 bits per heavy atom. The highest BCUT2D eigenvalue weighted by Crippen LogP contribution is 2.32. The fourth-order valence-electron chi connectivity index (χ4n) is 1.90. The van der Waals surface area contributed by atoms with Crippen LogP contribution >= 0.6 is 0 Å². The van der Waals surface area contributed by atoms with Gasteiger partial charge in [0.15, 0.2) is 0 Å². The van der Waals surface area contributed by atoms with Crippen molar-refractivity contribution in [1.29, 1.82) is 0 Å². The normalized spacial score (nSPS) is 45.9. The maximum absolute atomic E-state index is 5.56. The van der Waals surface area contributed by atoms with Crippen molar-refractivity contribution in [3.05, 3.63) is 0 Å². The molecule has 0 radical (unpaired) electrons. The average molecular weight is 142 g/mol. The molecule has 2 aliphatic heterocycles. The summed E-state index contributed by atoms with van der Waals surface area (Å²) < 4.78 is 11.1. The molecule has 0 spiro atoms. The SMILES string of the molecule is CC[C@@H]1CO[C@@H]2CCO[C@H]12. The van der Waals surface area contributed by atoms with Gasteiger partial charge in [-0.1, -0.05) is 6.92 Å². The molecule has 2 heterocycles. The van der Waals surface area contributed by atoms with Crippen LogP contribution in [0.2, 0.25) is 0 Å². The van der Waals surface area contributed by atoms with Crippen molar-refractivity contribution in [3.63, 3.8) is 0 Å². The van der Waals surface area contributed by atoms with Gasteiger partial charge in [0.2, 0.25) is 0 Å². The Kier molecular flexibility index (Phi) is 1.66. The Bertz CT molecular complexity index is 124. The summed E-state index contributed by atoms with van der Waals surface area (Å²) in [6.45, 7) is 4.04. The molecular weight excluding hydrogens is 128 g/mol. The maximum Gasteiger partial charge on any atom is 0.0887 e. The smallest absolute Gasteiger partial charge is 0.0887 e.